The SMILES string of the molecule is CCNCc1cc(C)nc(N2CCCN(C)CC2CC)c1. The summed E-state index contributed by atoms with van der Waals surface area (Å²) in [5.41, 5.74) is 2.46. The van der Waals surface area contributed by atoms with Crippen LogP contribution in [0.15, 0.2) is 12.1 Å². The zero-order valence-corrected chi connectivity index (χ0v) is 14.0. The topological polar surface area (TPSA) is 31.4 Å². The van der Waals surface area contributed by atoms with E-state index in [0.717, 1.165) is 37.7 Å². The van der Waals surface area contributed by atoms with Crippen molar-refractivity contribution in [2.75, 3.05) is 38.1 Å². The molecule has 1 aromatic heterocycles. The summed E-state index contributed by atoms with van der Waals surface area (Å²) in [6.07, 6.45) is 2.38. The second kappa shape index (κ2) is 7.76. The largest absolute Gasteiger partial charge is 0.352 e. The molecule has 0 spiro atoms. The second-order valence-electron chi connectivity index (χ2n) is 6.13. The molecule has 118 valence electrons. The minimum atomic E-state index is 0.568. The Balaban J connectivity index is 2.23. The van der Waals surface area contributed by atoms with Crippen molar-refractivity contribution in [2.24, 2.45) is 0 Å². The number of rotatable bonds is 5. The molecule has 2 heterocycles. The smallest absolute Gasteiger partial charge is 0.129 e. The van der Waals surface area contributed by atoms with Crippen LogP contribution in [0.1, 0.15) is 37.9 Å². The molecule has 21 heavy (non-hydrogen) atoms. The molecule has 1 N–H and O–H groups in total. The Morgan fingerprint density at radius 2 is 2.10 bits per heavy atom. The highest BCUT2D eigenvalue weighted by Crippen LogP contribution is 2.22. The fraction of sp³-hybridized carbons (Fsp3) is 0.706. The Kier molecular flexibility index (Phi) is 6.00. The normalized spacial score (nSPS) is 20.6. The Morgan fingerprint density at radius 1 is 1.29 bits per heavy atom. The number of aromatic nitrogens is 1. The van der Waals surface area contributed by atoms with Gasteiger partial charge >= 0.3 is 0 Å². The minimum absolute atomic E-state index is 0.568. The average Bonchev–Trinajstić information content (AvgIpc) is 2.65. The quantitative estimate of drug-likeness (QED) is 0.902. The van der Waals surface area contributed by atoms with Crippen molar-refractivity contribution in [1.29, 1.82) is 0 Å². The van der Waals surface area contributed by atoms with Gasteiger partial charge in [-0.15, -0.1) is 0 Å². The van der Waals surface area contributed by atoms with Crippen molar-refractivity contribution in [1.82, 2.24) is 15.2 Å². The van der Waals surface area contributed by atoms with E-state index in [1.54, 1.807) is 0 Å². The molecular weight excluding hydrogens is 260 g/mol. The first-order valence-corrected chi connectivity index (χ1v) is 8.27. The lowest BCUT2D eigenvalue weighted by Crippen LogP contribution is -2.40. The molecule has 1 atom stereocenters. The number of pyridine rings is 1. The molecule has 4 nitrogen and oxygen atoms in total. The van der Waals surface area contributed by atoms with Crippen LogP contribution in [0.5, 0.6) is 0 Å². The van der Waals surface area contributed by atoms with E-state index < -0.39 is 0 Å². The van der Waals surface area contributed by atoms with Crippen molar-refractivity contribution in [3.63, 3.8) is 0 Å². The molecule has 1 fully saturated rings. The fourth-order valence-corrected chi connectivity index (χ4v) is 3.13. The molecular formula is C17H30N4. The van der Waals surface area contributed by atoms with E-state index in [4.69, 9.17) is 4.98 Å². The molecule has 1 unspecified atom stereocenters. The van der Waals surface area contributed by atoms with Crippen molar-refractivity contribution in [2.45, 2.75) is 46.2 Å². The molecule has 0 bridgehead atoms. The van der Waals surface area contributed by atoms with Gasteiger partial charge in [-0.3, -0.25) is 0 Å². The molecule has 1 saturated heterocycles. The first-order chi connectivity index (χ1) is 10.1. The Hall–Kier alpha value is -1.13. The maximum atomic E-state index is 4.81. The van der Waals surface area contributed by atoms with Gasteiger partial charge in [0.2, 0.25) is 0 Å². The number of likely N-dealkylation sites (N-methyl/N-ethyl adjacent to an activating group) is 1. The van der Waals surface area contributed by atoms with E-state index in [-0.39, 0.29) is 0 Å². The van der Waals surface area contributed by atoms with Gasteiger partial charge in [0.15, 0.2) is 0 Å². The molecule has 0 amide bonds. The highest BCUT2D eigenvalue weighted by molar-refractivity contribution is 5.44. The van der Waals surface area contributed by atoms with Gasteiger partial charge in [0.1, 0.15) is 5.82 Å². The van der Waals surface area contributed by atoms with Crippen LogP contribution in [0.3, 0.4) is 0 Å². The van der Waals surface area contributed by atoms with E-state index in [0.29, 0.717) is 6.04 Å². The van der Waals surface area contributed by atoms with Gasteiger partial charge in [0.25, 0.3) is 0 Å². The van der Waals surface area contributed by atoms with Crippen molar-refractivity contribution < 1.29 is 0 Å². The average molecular weight is 290 g/mol. The molecule has 1 aliphatic heterocycles. The van der Waals surface area contributed by atoms with Crippen LogP contribution in [-0.2, 0) is 6.54 Å². The van der Waals surface area contributed by atoms with Crippen LogP contribution in [0.25, 0.3) is 0 Å². The summed E-state index contributed by atoms with van der Waals surface area (Å²) in [6, 6.07) is 5.03. The number of anilines is 1. The summed E-state index contributed by atoms with van der Waals surface area (Å²) in [7, 11) is 2.23. The van der Waals surface area contributed by atoms with Crippen LogP contribution in [0.2, 0.25) is 0 Å². The highest BCUT2D eigenvalue weighted by atomic mass is 15.3. The molecule has 0 saturated carbocycles. The van der Waals surface area contributed by atoms with Crippen LogP contribution in [0.4, 0.5) is 5.82 Å². The van der Waals surface area contributed by atoms with Gasteiger partial charge in [-0.25, -0.2) is 4.98 Å². The minimum Gasteiger partial charge on any atom is -0.352 e. The predicted molar refractivity (Wildman–Crippen MR) is 89.9 cm³/mol. The van der Waals surface area contributed by atoms with Gasteiger partial charge in [-0.1, -0.05) is 13.8 Å². The molecule has 0 radical (unpaired) electrons. The number of hydrogen-bond donors (Lipinski definition) is 1. The first-order valence-electron chi connectivity index (χ1n) is 8.27. The van der Waals surface area contributed by atoms with Crippen molar-refractivity contribution >= 4 is 5.82 Å². The van der Waals surface area contributed by atoms with Gasteiger partial charge < -0.3 is 15.1 Å². The Morgan fingerprint density at radius 3 is 2.81 bits per heavy atom. The van der Waals surface area contributed by atoms with Gasteiger partial charge in [0, 0.05) is 31.4 Å². The summed E-state index contributed by atoms with van der Waals surface area (Å²) in [6.45, 7) is 11.9. The van der Waals surface area contributed by atoms with Crippen LogP contribution in [-0.4, -0.2) is 49.2 Å². The Bertz CT molecular complexity index is 446. The lowest BCUT2D eigenvalue weighted by Gasteiger charge is -2.31. The van der Waals surface area contributed by atoms with E-state index in [1.807, 2.05) is 0 Å². The summed E-state index contributed by atoms with van der Waals surface area (Å²) >= 11 is 0. The second-order valence-corrected chi connectivity index (χ2v) is 6.13. The summed E-state index contributed by atoms with van der Waals surface area (Å²) in [5, 5.41) is 3.41. The lowest BCUT2D eigenvalue weighted by atomic mass is 10.1. The maximum absolute atomic E-state index is 4.81. The van der Waals surface area contributed by atoms with Crippen LogP contribution >= 0.6 is 0 Å². The molecule has 2 rings (SSSR count). The molecule has 0 aliphatic carbocycles. The van der Waals surface area contributed by atoms with Crippen molar-refractivity contribution in [3.05, 3.63) is 23.4 Å². The summed E-state index contributed by atoms with van der Waals surface area (Å²) in [4.78, 5) is 9.78. The van der Waals surface area contributed by atoms with E-state index in [9.17, 15) is 0 Å². The predicted octanol–water partition coefficient (Wildman–Crippen LogP) is 2.42. The van der Waals surface area contributed by atoms with Gasteiger partial charge in [0.05, 0.1) is 0 Å². The number of nitrogens with zero attached hydrogens (tertiary/aromatic N) is 3. The van der Waals surface area contributed by atoms with Gasteiger partial charge in [-0.05, 0) is 57.6 Å². The molecule has 1 aromatic rings. The molecule has 1 aliphatic rings. The lowest BCUT2D eigenvalue weighted by molar-refractivity contribution is 0.327. The highest BCUT2D eigenvalue weighted by Gasteiger charge is 2.23. The molecule has 0 aromatic carbocycles. The van der Waals surface area contributed by atoms with Crippen molar-refractivity contribution in [3.8, 4) is 0 Å². The number of hydrogen-bond acceptors (Lipinski definition) is 4. The zero-order valence-electron chi connectivity index (χ0n) is 14.0. The number of nitrogens with one attached hydrogen (secondary N) is 1. The molecule has 4 heteroatoms. The fourth-order valence-electron chi connectivity index (χ4n) is 3.13. The third-order valence-corrected chi connectivity index (χ3v) is 4.25. The Labute approximate surface area is 129 Å². The summed E-state index contributed by atoms with van der Waals surface area (Å²) < 4.78 is 0. The van der Waals surface area contributed by atoms with E-state index >= 15 is 0 Å². The van der Waals surface area contributed by atoms with E-state index in [1.165, 1.54) is 24.9 Å². The third-order valence-electron chi connectivity index (χ3n) is 4.25. The van der Waals surface area contributed by atoms with E-state index in [2.05, 4.69) is 55.1 Å². The van der Waals surface area contributed by atoms with Gasteiger partial charge in [-0.2, -0.15) is 0 Å². The monoisotopic (exact) mass is 290 g/mol. The number of aryl methyl sites for hydroxylation is 1. The third kappa shape index (κ3) is 4.42. The summed E-state index contributed by atoms with van der Waals surface area (Å²) in [5.74, 6) is 1.16. The standard InChI is InChI=1S/C17H30N4/c1-5-16-13-20(4)8-7-9-21(16)17-11-15(12-18-6-2)10-14(3)19-17/h10-11,16,18H,5-9,12-13H2,1-4H3. The zero-order chi connectivity index (χ0) is 15.2. The van der Waals surface area contributed by atoms with Crippen LogP contribution < -0.4 is 10.2 Å². The maximum Gasteiger partial charge on any atom is 0.129 e. The van der Waals surface area contributed by atoms with Crippen LogP contribution in [0, 0.1) is 6.92 Å². The first kappa shape index (κ1) is 16.2.